The van der Waals surface area contributed by atoms with E-state index in [0.717, 1.165) is 35.5 Å². The number of anilines is 1. The number of ether oxygens (including phenoxy) is 1. The highest BCUT2D eigenvalue weighted by Gasteiger charge is 2.43. The third-order valence-corrected chi connectivity index (χ3v) is 4.96. The van der Waals surface area contributed by atoms with Gasteiger partial charge in [-0.05, 0) is 57.3 Å². The Balaban J connectivity index is 1.56. The Morgan fingerprint density at radius 3 is 2.77 bits per heavy atom. The van der Waals surface area contributed by atoms with Gasteiger partial charge in [0, 0.05) is 34.7 Å². The summed E-state index contributed by atoms with van der Waals surface area (Å²) in [6.07, 6.45) is 3.95. The number of pyridine rings is 1. The van der Waals surface area contributed by atoms with Crippen molar-refractivity contribution in [2.45, 2.75) is 12.8 Å². The zero-order valence-corrected chi connectivity index (χ0v) is 15.1. The summed E-state index contributed by atoms with van der Waals surface area (Å²) in [6, 6.07) is 9.61. The largest absolute Gasteiger partial charge is 0.493 e. The number of fused-ring (bicyclic) bond motifs is 1. The first-order valence-corrected chi connectivity index (χ1v) is 8.83. The molecular weight excluding hydrogens is 328 g/mol. The molecule has 0 atom stereocenters. The molecular formula is C20H24N4O2. The monoisotopic (exact) mass is 352 g/mol. The van der Waals surface area contributed by atoms with E-state index in [1.807, 2.05) is 24.3 Å². The van der Waals surface area contributed by atoms with E-state index in [1.165, 1.54) is 19.0 Å². The highest BCUT2D eigenvalue weighted by Crippen LogP contribution is 2.46. The van der Waals surface area contributed by atoms with Gasteiger partial charge in [-0.1, -0.05) is 0 Å². The number of nitrogens with zero attached hydrogens (tertiary/aromatic N) is 1. The highest BCUT2D eigenvalue weighted by atomic mass is 16.5. The van der Waals surface area contributed by atoms with Crippen molar-refractivity contribution >= 4 is 16.6 Å². The normalized spacial score (nSPS) is 15.5. The molecule has 136 valence electrons. The second-order valence-corrected chi connectivity index (χ2v) is 7.63. The topological polar surface area (TPSA) is 87.1 Å². The molecule has 0 bridgehead atoms. The summed E-state index contributed by atoms with van der Waals surface area (Å²) in [5, 5.41) is 1.01. The Kier molecular flexibility index (Phi) is 4.00. The van der Waals surface area contributed by atoms with Crippen LogP contribution in [0.25, 0.3) is 22.2 Å². The van der Waals surface area contributed by atoms with Crippen molar-refractivity contribution in [3.8, 4) is 17.0 Å². The minimum atomic E-state index is -0.165. The molecule has 3 aromatic rings. The third-order valence-electron chi connectivity index (χ3n) is 4.96. The van der Waals surface area contributed by atoms with E-state index < -0.39 is 0 Å². The number of benzene rings is 1. The van der Waals surface area contributed by atoms with E-state index in [0.29, 0.717) is 16.7 Å². The average Bonchev–Trinajstić information content (AvgIpc) is 3.22. The van der Waals surface area contributed by atoms with Crippen LogP contribution in [-0.2, 0) is 0 Å². The van der Waals surface area contributed by atoms with Gasteiger partial charge in [0.25, 0.3) is 5.56 Å². The number of aromatic nitrogens is 2. The summed E-state index contributed by atoms with van der Waals surface area (Å²) < 4.78 is 6.07. The van der Waals surface area contributed by atoms with Gasteiger partial charge in [0.05, 0.1) is 17.9 Å². The van der Waals surface area contributed by atoms with Gasteiger partial charge in [-0.25, -0.2) is 0 Å². The van der Waals surface area contributed by atoms with E-state index in [2.05, 4.69) is 29.0 Å². The van der Waals surface area contributed by atoms with Gasteiger partial charge in [-0.3, -0.25) is 4.79 Å². The molecule has 1 fully saturated rings. The van der Waals surface area contributed by atoms with Crippen LogP contribution in [0.3, 0.4) is 0 Å². The van der Waals surface area contributed by atoms with Crippen LogP contribution in [0.1, 0.15) is 12.8 Å². The van der Waals surface area contributed by atoms with Crippen molar-refractivity contribution < 1.29 is 4.74 Å². The summed E-state index contributed by atoms with van der Waals surface area (Å²) in [5.74, 6) is 0.856. The first kappa shape index (κ1) is 16.7. The molecule has 0 unspecified atom stereocenters. The van der Waals surface area contributed by atoms with Gasteiger partial charge in [0.1, 0.15) is 5.75 Å². The van der Waals surface area contributed by atoms with Crippen molar-refractivity contribution in [3.05, 3.63) is 46.9 Å². The van der Waals surface area contributed by atoms with Crippen molar-refractivity contribution in [3.63, 3.8) is 0 Å². The second-order valence-electron chi connectivity index (χ2n) is 7.63. The minimum Gasteiger partial charge on any atom is -0.493 e. The number of hydrogen-bond donors (Lipinski definition) is 3. The Morgan fingerprint density at radius 1 is 1.23 bits per heavy atom. The Morgan fingerprint density at radius 2 is 2.04 bits per heavy atom. The molecule has 2 aromatic heterocycles. The Hall–Kier alpha value is -2.73. The fourth-order valence-electron chi connectivity index (χ4n) is 3.48. The summed E-state index contributed by atoms with van der Waals surface area (Å²) in [6.45, 7) is 1.80. The van der Waals surface area contributed by atoms with E-state index in [9.17, 15) is 4.79 Å². The number of nitrogens with two attached hydrogens (primary N) is 1. The van der Waals surface area contributed by atoms with Crippen LogP contribution in [-0.4, -0.2) is 42.1 Å². The molecule has 4 N–H and O–H groups in total. The molecule has 0 aliphatic heterocycles. The summed E-state index contributed by atoms with van der Waals surface area (Å²) in [7, 11) is 4.21. The quantitative estimate of drug-likeness (QED) is 0.637. The van der Waals surface area contributed by atoms with Crippen LogP contribution in [0.2, 0.25) is 0 Å². The number of H-pyrrole nitrogens is 2. The SMILES string of the molecule is CN(C)CC1(COc2ccc3[nH]c(-c4cc(N)c[nH]c4=O)cc3c2)CC1. The fraction of sp³-hybridized carbons (Fsp3) is 0.350. The maximum absolute atomic E-state index is 12.1. The van der Waals surface area contributed by atoms with Crippen LogP contribution in [0.5, 0.6) is 5.75 Å². The van der Waals surface area contributed by atoms with Crippen LogP contribution < -0.4 is 16.0 Å². The minimum absolute atomic E-state index is 0.165. The maximum atomic E-state index is 12.1. The molecule has 2 heterocycles. The fourth-order valence-corrected chi connectivity index (χ4v) is 3.48. The molecule has 6 nitrogen and oxygen atoms in total. The lowest BCUT2D eigenvalue weighted by molar-refractivity contribution is 0.194. The molecule has 0 amide bonds. The molecule has 0 spiro atoms. The van der Waals surface area contributed by atoms with Gasteiger partial charge >= 0.3 is 0 Å². The number of rotatable bonds is 6. The van der Waals surface area contributed by atoms with Crippen molar-refractivity contribution in [2.75, 3.05) is 33.0 Å². The lowest BCUT2D eigenvalue weighted by Crippen LogP contribution is -2.27. The number of aromatic amines is 2. The van der Waals surface area contributed by atoms with E-state index in [1.54, 1.807) is 6.07 Å². The average molecular weight is 352 g/mol. The first-order valence-electron chi connectivity index (χ1n) is 8.83. The molecule has 4 rings (SSSR count). The predicted octanol–water partition coefficient (Wildman–Crippen LogP) is 2.83. The molecule has 1 saturated carbocycles. The molecule has 6 heteroatoms. The van der Waals surface area contributed by atoms with E-state index in [4.69, 9.17) is 10.5 Å². The smallest absolute Gasteiger partial charge is 0.257 e. The van der Waals surface area contributed by atoms with Gasteiger partial charge in [-0.15, -0.1) is 0 Å². The molecule has 1 aromatic carbocycles. The zero-order chi connectivity index (χ0) is 18.3. The Bertz CT molecular complexity index is 998. The van der Waals surface area contributed by atoms with E-state index >= 15 is 0 Å². The number of nitrogen functional groups attached to an aromatic ring is 1. The summed E-state index contributed by atoms with van der Waals surface area (Å²) >= 11 is 0. The number of hydrogen-bond acceptors (Lipinski definition) is 4. The third kappa shape index (κ3) is 3.32. The molecule has 0 saturated heterocycles. The Labute approximate surface area is 152 Å². The van der Waals surface area contributed by atoms with Crippen molar-refractivity contribution in [1.82, 2.24) is 14.9 Å². The second kappa shape index (κ2) is 6.21. The van der Waals surface area contributed by atoms with Gasteiger partial charge < -0.3 is 25.3 Å². The lowest BCUT2D eigenvalue weighted by Gasteiger charge is -2.20. The standard InChI is InChI=1S/C20H24N4O2/c1-24(2)11-20(5-6-20)12-26-15-3-4-17-13(7-15)8-18(23-17)16-9-14(21)10-22-19(16)25/h3-4,7-10,23H,5-6,11-12,21H2,1-2H3,(H,22,25). The lowest BCUT2D eigenvalue weighted by atomic mass is 10.1. The first-order chi connectivity index (χ1) is 12.4. The van der Waals surface area contributed by atoms with Crippen LogP contribution in [0.4, 0.5) is 5.69 Å². The number of nitrogens with one attached hydrogen (secondary N) is 2. The molecule has 1 aliphatic rings. The van der Waals surface area contributed by atoms with E-state index in [-0.39, 0.29) is 5.56 Å². The van der Waals surface area contributed by atoms with Gasteiger partial charge in [0.15, 0.2) is 0 Å². The molecule has 0 radical (unpaired) electrons. The zero-order valence-electron chi connectivity index (χ0n) is 15.1. The van der Waals surface area contributed by atoms with Crippen LogP contribution >= 0.6 is 0 Å². The van der Waals surface area contributed by atoms with Gasteiger partial charge in [0.2, 0.25) is 0 Å². The van der Waals surface area contributed by atoms with Crippen molar-refractivity contribution in [2.24, 2.45) is 5.41 Å². The van der Waals surface area contributed by atoms with Crippen molar-refractivity contribution in [1.29, 1.82) is 0 Å². The molecule has 26 heavy (non-hydrogen) atoms. The highest BCUT2D eigenvalue weighted by molar-refractivity contribution is 5.87. The van der Waals surface area contributed by atoms with Crippen LogP contribution in [0.15, 0.2) is 41.3 Å². The predicted molar refractivity (Wildman–Crippen MR) is 104 cm³/mol. The summed E-state index contributed by atoms with van der Waals surface area (Å²) in [4.78, 5) is 20.2. The van der Waals surface area contributed by atoms with Gasteiger partial charge in [-0.2, -0.15) is 0 Å². The maximum Gasteiger partial charge on any atom is 0.257 e. The summed E-state index contributed by atoms with van der Waals surface area (Å²) in [5.41, 5.74) is 8.70. The van der Waals surface area contributed by atoms with Crippen LogP contribution in [0, 0.1) is 5.41 Å². The molecule has 1 aliphatic carbocycles.